The van der Waals surface area contributed by atoms with Gasteiger partial charge < -0.3 is 5.32 Å². The van der Waals surface area contributed by atoms with Crippen LogP contribution in [0.5, 0.6) is 0 Å². The standard InChI is InChI=1S/C17H13Br2ClF3N5O/c1-8-14(19)15(16(22)23)25-28(8)7-13(29)24-17-10(18)6-27(26-17)5-9-11(20)3-2-4-12(9)21/h2-4,6,16H,5,7H2,1H3,(H,24,26,29). The highest BCUT2D eigenvalue weighted by Crippen LogP contribution is 2.29. The van der Waals surface area contributed by atoms with Crippen LogP contribution >= 0.6 is 43.5 Å². The zero-order chi connectivity index (χ0) is 21.3. The molecule has 1 amide bonds. The lowest BCUT2D eigenvalue weighted by Crippen LogP contribution is -2.21. The number of nitrogens with zero attached hydrogens (tertiary/aromatic N) is 4. The molecule has 0 aliphatic carbocycles. The normalized spacial score (nSPS) is 11.3. The Kier molecular flexibility index (Phi) is 6.69. The fourth-order valence-electron chi connectivity index (χ4n) is 2.56. The first-order valence-corrected chi connectivity index (χ1v) is 10.1. The zero-order valence-corrected chi connectivity index (χ0v) is 18.7. The number of benzene rings is 1. The van der Waals surface area contributed by atoms with Crippen molar-refractivity contribution in [2.24, 2.45) is 0 Å². The van der Waals surface area contributed by atoms with Crippen molar-refractivity contribution in [2.45, 2.75) is 26.4 Å². The van der Waals surface area contributed by atoms with Crippen molar-refractivity contribution >= 4 is 55.2 Å². The molecule has 0 unspecified atom stereocenters. The highest BCUT2D eigenvalue weighted by Gasteiger charge is 2.21. The van der Waals surface area contributed by atoms with E-state index < -0.39 is 23.8 Å². The summed E-state index contributed by atoms with van der Waals surface area (Å²) < 4.78 is 43.0. The summed E-state index contributed by atoms with van der Waals surface area (Å²) in [4.78, 5) is 12.3. The van der Waals surface area contributed by atoms with Crippen LogP contribution in [0, 0.1) is 12.7 Å². The average molecular weight is 556 g/mol. The number of hydrogen-bond donors (Lipinski definition) is 1. The summed E-state index contributed by atoms with van der Waals surface area (Å²) >= 11 is 12.4. The molecule has 6 nitrogen and oxygen atoms in total. The molecule has 0 aliphatic rings. The summed E-state index contributed by atoms with van der Waals surface area (Å²) in [6.45, 7) is 1.34. The molecule has 0 fully saturated rings. The van der Waals surface area contributed by atoms with Gasteiger partial charge in [-0.25, -0.2) is 13.2 Å². The van der Waals surface area contributed by atoms with Gasteiger partial charge in [0.1, 0.15) is 18.1 Å². The maximum Gasteiger partial charge on any atom is 0.283 e. The van der Waals surface area contributed by atoms with Gasteiger partial charge >= 0.3 is 0 Å². The van der Waals surface area contributed by atoms with Gasteiger partial charge in [0.25, 0.3) is 6.43 Å². The molecule has 0 saturated heterocycles. The SMILES string of the molecule is Cc1c(Br)c(C(F)F)nn1CC(=O)Nc1nn(Cc2c(F)cccc2Cl)cc1Br. The summed E-state index contributed by atoms with van der Waals surface area (Å²) in [6.07, 6.45) is -1.20. The molecule has 3 rings (SSSR count). The first-order chi connectivity index (χ1) is 13.7. The van der Waals surface area contributed by atoms with Crippen LogP contribution < -0.4 is 5.32 Å². The van der Waals surface area contributed by atoms with Gasteiger partial charge in [0, 0.05) is 16.8 Å². The monoisotopic (exact) mass is 553 g/mol. The van der Waals surface area contributed by atoms with Crippen molar-refractivity contribution in [3.8, 4) is 0 Å². The number of rotatable bonds is 6. The molecule has 0 atom stereocenters. The van der Waals surface area contributed by atoms with Crippen LogP contribution in [0.15, 0.2) is 33.3 Å². The first kappa shape index (κ1) is 21.8. The third-order valence-corrected chi connectivity index (χ3v) is 5.93. The molecular weight excluding hydrogens is 542 g/mol. The molecule has 3 aromatic rings. The van der Waals surface area contributed by atoms with Crippen LogP contribution in [0.4, 0.5) is 19.0 Å². The number of alkyl halides is 2. The summed E-state index contributed by atoms with van der Waals surface area (Å²) in [5.74, 6) is -0.788. The van der Waals surface area contributed by atoms with Gasteiger partial charge in [-0.15, -0.1) is 0 Å². The predicted octanol–water partition coefficient (Wildman–Crippen LogP) is 5.33. The molecule has 0 spiro atoms. The first-order valence-electron chi connectivity index (χ1n) is 8.14. The molecule has 2 aromatic heterocycles. The van der Waals surface area contributed by atoms with Crippen LogP contribution in [-0.2, 0) is 17.9 Å². The van der Waals surface area contributed by atoms with Crippen LogP contribution in [0.1, 0.15) is 23.4 Å². The highest BCUT2D eigenvalue weighted by molar-refractivity contribution is 9.11. The maximum absolute atomic E-state index is 14.0. The summed E-state index contributed by atoms with van der Waals surface area (Å²) in [5, 5.41) is 10.8. The molecule has 2 heterocycles. The Hall–Kier alpha value is -1.85. The average Bonchev–Trinajstić information content (AvgIpc) is 3.12. The zero-order valence-electron chi connectivity index (χ0n) is 14.8. The molecule has 154 valence electrons. The number of carbonyl (C=O) groups excluding carboxylic acids is 1. The number of carbonyl (C=O) groups is 1. The van der Waals surface area contributed by atoms with Gasteiger partial charge in [0.05, 0.1) is 21.2 Å². The fourth-order valence-corrected chi connectivity index (χ4v) is 3.65. The van der Waals surface area contributed by atoms with Crippen molar-refractivity contribution < 1.29 is 18.0 Å². The number of aromatic nitrogens is 4. The van der Waals surface area contributed by atoms with E-state index in [4.69, 9.17) is 11.6 Å². The summed E-state index contributed by atoms with van der Waals surface area (Å²) in [5.41, 5.74) is 0.232. The lowest BCUT2D eigenvalue weighted by molar-refractivity contribution is -0.117. The molecule has 0 aliphatic heterocycles. The Morgan fingerprint density at radius 1 is 1.31 bits per heavy atom. The van der Waals surface area contributed by atoms with Gasteiger partial charge in [0.15, 0.2) is 5.82 Å². The van der Waals surface area contributed by atoms with Gasteiger partial charge in [-0.1, -0.05) is 17.7 Å². The van der Waals surface area contributed by atoms with Gasteiger partial charge in [-0.3, -0.25) is 14.2 Å². The summed E-state index contributed by atoms with van der Waals surface area (Å²) in [6, 6.07) is 4.36. The minimum Gasteiger partial charge on any atom is -0.307 e. The van der Waals surface area contributed by atoms with Gasteiger partial charge in [-0.05, 0) is 50.9 Å². The van der Waals surface area contributed by atoms with E-state index in [1.54, 1.807) is 19.2 Å². The van der Waals surface area contributed by atoms with Crippen molar-refractivity contribution in [2.75, 3.05) is 5.32 Å². The number of halogens is 6. The van der Waals surface area contributed by atoms with E-state index >= 15 is 0 Å². The largest absolute Gasteiger partial charge is 0.307 e. The van der Waals surface area contributed by atoms with Gasteiger partial charge in [0.2, 0.25) is 5.91 Å². The molecule has 1 aromatic carbocycles. The van der Waals surface area contributed by atoms with Crippen molar-refractivity contribution in [1.29, 1.82) is 0 Å². The lowest BCUT2D eigenvalue weighted by atomic mass is 10.2. The van der Waals surface area contributed by atoms with E-state index in [2.05, 4.69) is 47.4 Å². The second-order valence-corrected chi connectivity index (χ2v) is 8.07. The Bertz CT molecular complexity index is 1050. The molecule has 29 heavy (non-hydrogen) atoms. The van der Waals surface area contributed by atoms with Crippen molar-refractivity contribution in [3.63, 3.8) is 0 Å². The fraction of sp³-hybridized carbons (Fsp3) is 0.235. The summed E-state index contributed by atoms with van der Waals surface area (Å²) in [7, 11) is 0. The smallest absolute Gasteiger partial charge is 0.283 e. The Labute approximate surface area is 185 Å². The number of anilines is 1. The quantitative estimate of drug-likeness (QED) is 0.447. The Balaban J connectivity index is 1.73. The topological polar surface area (TPSA) is 64.7 Å². The molecule has 0 radical (unpaired) electrons. The Morgan fingerprint density at radius 2 is 2.03 bits per heavy atom. The Morgan fingerprint density at radius 3 is 2.66 bits per heavy atom. The third kappa shape index (κ3) is 4.84. The van der Waals surface area contributed by atoms with Gasteiger partial charge in [-0.2, -0.15) is 10.2 Å². The van der Waals surface area contributed by atoms with Crippen LogP contribution in [0.2, 0.25) is 5.02 Å². The molecule has 0 bridgehead atoms. The van der Waals surface area contributed by atoms with E-state index in [0.717, 1.165) is 0 Å². The van der Waals surface area contributed by atoms with Crippen LogP contribution in [-0.4, -0.2) is 25.5 Å². The molecule has 1 N–H and O–H groups in total. The maximum atomic E-state index is 14.0. The van der Waals surface area contributed by atoms with E-state index in [1.165, 1.54) is 21.5 Å². The van der Waals surface area contributed by atoms with Crippen molar-refractivity contribution in [1.82, 2.24) is 19.6 Å². The van der Waals surface area contributed by atoms with E-state index in [1.807, 2.05) is 0 Å². The van der Waals surface area contributed by atoms with E-state index in [9.17, 15) is 18.0 Å². The lowest BCUT2D eigenvalue weighted by Gasteiger charge is -2.06. The number of amides is 1. The van der Waals surface area contributed by atoms with Crippen LogP contribution in [0.25, 0.3) is 0 Å². The molecular formula is C17H13Br2ClF3N5O. The minimum atomic E-state index is -2.76. The highest BCUT2D eigenvalue weighted by atomic mass is 79.9. The van der Waals surface area contributed by atoms with Crippen molar-refractivity contribution in [3.05, 3.63) is 61.1 Å². The second-order valence-electron chi connectivity index (χ2n) is 6.01. The number of nitrogens with one attached hydrogen (secondary N) is 1. The van der Waals surface area contributed by atoms with E-state index in [-0.39, 0.29) is 34.0 Å². The predicted molar refractivity (Wildman–Crippen MR) is 109 cm³/mol. The number of hydrogen-bond acceptors (Lipinski definition) is 3. The molecule has 12 heteroatoms. The second kappa shape index (κ2) is 8.88. The minimum absolute atomic E-state index is 0.0585. The van der Waals surface area contributed by atoms with E-state index in [0.29, 0.717) is 10.2 Å². The molecule has 0 saturated carbocycles. The third-order valence-electron chi connectivity index (χ3n) is 4.01. The van der Waals surface area contributed by atoms with Crippen LogP contribution in [0.3, 0.4) is 0 Å².